The van der Waals surface area contributed by atoms with Gasteiger partial charge in [-0.3, -0.25) is 4.79 Å². The van der Waals surface area contributed by atoms with Crippen LogP contribution < -0.4 is 10.1 Å². The van der Waals surface area contributed by atoms with Crippen LogP contribution in [-0.2, 0) is 0 Å². The van der Waals surface area contributed by atoms with Gasteiger partial charge < -0.3 is 10.1 Å². The highest BCUT2D eigenvalue weighted by Gasteiger charge is 2.14. The lowest BCUT2D eigenvalue weighted by atomic mass is 10.1. The highest BCUT2D eigenvalue weighted by Crippen LogP contribution is 2.23. The van der Waals surface area contributed by atoms with Gasteiger partial charge in [0, 0.05) is 16.2 Å². The zero-order valence-corrected chi connectivity index (χ0v) is 15.4. The van der Waals surface area contributed by atoms with Crippen molar-refractivity contribution in [1.82, 2.24) is 9.97 Å². The number of carbonyl (C=O) groups is 1. The van der Waals surface area contributed by atoms with Crippen LogP contribution in [0.15, 0.2) is 59.2 Å². The summed E-state index contributed by atoms with van der Waals surface area (Å²) in [5.74, 6) is 1.09. The molecule has 1 amide bonds. The van der Waals surface area contributed by atoms with Crippen LogP contribution in [0.3, 0.4) is 0 Å². The maximum atomic E-state index is 12.5. The Labute approximate surface area is 154 Å². The van der Waals surface area contributed by atoms with E-state index in [4.69, 9.17) is 4.74 Å². The second-order valence-corrected chi connectivity index (χ2v) is 6.21. The van der Waals surface area contributed by atoms with Crippen LogP contribution >= 0.6 is 15.9 Å². The van der Waals surface area contributed by atoms with Gasteiger partial charge in [0.25, 0.3) is 5.91 Å². The summed E-state index contributed by atoms with van der Waals surface area (Å²) in [5, 5.41) is 2.86. The quantitative estimate of drug-likeness (QED) is 0.704. The lowest BCUT2D eigenvalue weighted by Crippen LogP contribution is -2.15. The molecule has 0 atom stereocenters. The number of nitrogens with zero attached hydrogens (tertiary/aromatic N) is 2. The van der Waals surface area contributed by atoms with Gasteiger partial charge in [0.1, 0.15) is 5.75 Å². The van der Waals surface area contributed by atoms with Gasteiger partial charge >= 0.3 is 0 Å². The van der Waals surface area contributed by atoms with Crippen LogP contribution in [0, 0.1) is 6.92 Å². The van der Waals surface area contributed by atoms with Crippen molar-refractivity contribution in [2.24, 2.45) is 0 Å². The Hall–Kier alpha value is -2.73. The first-order chi connectivity index (χ1) is 12.1. The number of anilines is 1. The molecule has 3 aromatic rings. The predicted molar refractivity (Wildman–Crippen MR) is 101 cm³/mol. The number of aromatic nitrogens is 2. The first-order valence-electron chi connectivity index (χ1n) is 7.62. The van der Waals surface area contributed by atoms with Gasteiger partial charge in [0.15, 0.2) is 5.82 Å². The summed E-state index contributed by atoms with van der Waals surface area (Å²) in [5.41, 5.74) is 2.62. The van der Waals surface area contributed by atoms with Crippen molar-refractivity contribution in [1.29, 1.82) is 0 Å². The van der Waals surface area contributed by atoms with E-state index in [2.05, 4.69) is 31.2 Å². The second-order valence-electron chi connectivity index (χ2n) is 5.36. The Morgan fingerprint density at radius 3 is 2.48 bits per heavy atom. The molecular weight excluding hydrogens is 382 g/mol. The van der Waals surface area contributed by atoms with Crippen molar-refractivity contribution < 1.29 is 9.53 Å². The molecule has 0 aliphatic rings. The fourth-order valence-electron chi connectivity index (χ4n) is 2.32. The SMILES string of the molecule is COc1ccc(-c2ncc(C(=O)Nc3ccccc3Br)c(C)n2)cc1. The number of methoxy groups -OCH3 is 1. The van der Waals surface area contributed by atoms with Gasteiger partial charge in [-0.2, -0.15) is 0 Å². The van der Waals surface area contributed by atoms with Crippen molar-refractivity contribution in [3.8, 4) is 17.1 Å². The average molecular weight is 398 g/mol. The van der Waals surface area contributed by atoms with E-state index in [-0.39, 0.29) is 5.91 Å². The molecule has 3 rings (SSSR count). The molecule has 126 valence electrons. The molecule has 25 heavy (non-hydrogen) atoms. The van der Waals surface area contributed by atoms with E-state index < -0.39 is 0 Å². The standard InChI is InChI=1S/C19H16BrN3O2/c1-12-15(19(24)23-17-6-4-3-5-16(17)20)11-21-18(22-12)13-7-9-14(25-2)10-8-13/h3-11H,1-2H3,(H,23,24). The highest BCUT2D eigenvalue weighted by atomic mass is 79.9. The lowest BCUT2D eigenvalue weighted by molar-refractivity contribution is 0.102. The zero-order valence-electron chi connectivity index (χ0n) is 13.8. The molecule has 0 unspecified atom stereocenters. The molecule has 0 bridgehead atoms. The number of amides is 1. The summed E-state index contributed by atoms with van der Waals surface area (Å²) < 4.78 is 5.96. The van der Waals surface area contributed by atoms with Crippen LogP contribution in [0.25, 0.3) is 11.4 Å². The lowest BCUT2D eigenvalue weighted by Gasteiger charge is -2.10. The third kappa shape index (κ3) is 3.85. The second kappa shape index (κ2) is 7.44. The Kier molecular flexibility index (Phi) is 5.09. The summed E-state index contributed by atoms with van der Waals surface area (Å²) >= 11 is 3.41. The minimum Gasteiger partial charge on any atom is -0.497 e. The minimum atomic E-state index is -0.245. The van der Waals surface area contributed by atoms with Crippen LogP contribution in [0.1, 0.15) is 16.1 Å². The average Bonchev–Trinajstić information content (AvgIpc) is 2.63. The normalized spacial score (nSPS) is 10.4. The number of hydrogen-bond acceptors (Lipinski definition) is 4. The molecular formula is C19H16BrN3O2. The number of nitrogens with one attached hydrogen (secondary N) is 1. The number of halogens is 1. The van der Waals surface area contributed by atoms with E-state index in [0.717, 1.165) is 15.8 Å². The van der Waals surface area contributed by atoms with Crippen LogP contribution in [-0.4, -0.2) is 23.0 Å². The smallest absolute Gasteiger partial charge is 0.259 e. The van der Waals surface area contributed by atoms with Gasteiger partial charge in [-0.1, -0.05) is 12.1 Å². The Morgan fingerprint density at radius 1 is 1.12 bits per heavy atom. The van der Waals surface area contributed by atoms with Crippen molar-refractivity contribution >= 4 is 27.5 Å². The van der Waals surface area contributed by atoms with Crippen LogP contribution in [0.2, 0.25) is 0 Å². The number of ether oxygens (including phenoxy) is 1. The minimum absolute atomic E-state index is 0.245. The molecule has 0 fully saturated rings. The Morgan fingerprint density at radius 2 is 1.84 bits per heavy atom. The Balaban J connectivity index is 1.84. The molecule has 0 spiro atoms. The summed E-state index contributed by atoms with van der Waals surface area (Å²) in [6.45, 7) is 1.80. The fourth-order valence-corrected chi connectivity index (χ4v) is 2.71. The van der Waals surface area contributed by atoms with Gasteiger partial charge in [0.2, 0.25) is 0 Å². The van der Waals surface area contributed by atoms with Crippen LogP contribution in [0.4, 0.5) is 5.69 Å². The predicted octanol–water partition coefficient (Wildman–Crippen LogP) is 4.48. The van der Waals surface area contributed by atoms with E-state index in [1.165, 1.54) is 0 Å². The van der Waals surface area contributed by atoms with Gasteiger partial charge in [-0.25, -0.2) is 9.97 Å². The van der Waals surface area contributed by atoms with E-state index in [9.17, 15) is 4.79 Å². The third-order valence-corrected chi connectivity index (χ3v) is 4.39. The molecule has 5 nitrogen and oxygen atoms in total. The van der Waals surface area contributed by atoms with E-state index >= 15 is 0 Å². The fraction of sp³-hybridized carbons (Fsp3) is 0.105. The van der Waals surface area contributed by atoms with E-state index in [0.29, 0.717) is 22.8 Å². The van der Waals surface area contributed by atoms with Gasteiger partial charge in [0.05, 0.1) is 24.1 Å². The van der Waals surface area contributed by atoms with Gasteiger partial charge in [-0.05, 0) is 59.3 Å². The number of carbonyl (C=O) groups excluding carboxylic acids is 1. The number of aryl methyl sites for hydroxylation is 1. The topological polar surface area (TPSA) is 64.1 Å². The number of para-hydroxylation sites is 1. The summed E-state index contributed by atoms with van der Waals surface area (Å²) in [6, 6.07) is 14.9. The number of rotatable bonds is 4. The van der Waals surface area contributed by atoms with Crippen molar-refractivity contribution in [2.45, 2.75) is 6.92 Å². The molecule has 1 aromatic heterocycles. The first-order valence-corrected chi connectivity index (χ1v) is 8.41. The highest BCUT2D eigenvalue weighted by molar-refractivity contribution is 9.10. The molecule has 2 aromatic carbocycles. The van der Waals surface area contributed by atoms with Crippen molar-refractivity contribution in [2.75, 3.05) is 12.4 Å². The monoisotopic (exact) mass is 397 g/mol. The molecule has 0 aliphatic heterocycles. The van der Waals surface area contributed by atoms with Crippen molar-refractivity contribution in [3.05, 3.63) is 70.5 Å². The Bertz CT molecular complexity index is 911. The maximum Gasteiger partial charge on any atom is 0.259 e. The summed E-state index contributed by atoms with van der Waals surface area (Å²) in [7, 11) is 1.62. The van der Waals surface area contributed by atoms with Crippen molar-refractivity contribution in [3.63, 3.8) is 0 Å². The number of benzene rings is 2. The van der Waals surface area contributed by atoms with Crippen LogP contribution in [0.5, 0.6) is 5.75 Å². The molecule has 0 radical (unpaired) electrons. The zero-order chi connectivity index (χ0) is 17.8. The molecule has 6 heteroatoms. The van der Waals surface area contributed by atoms with E-state index in [1.807, 2.05) is 48.5 Å². The molecule has 1 heterocycles. The maximum absolute atomic E-state index is 12.5. The van der Waals surface area contributed by atoms with Gasteiger partial charge in [-0.15, -0.1) is 0 Å². The summed E-state index contributed by atoms with van der Waals surface area (Å²) in [4.78, 5) is 21.3. The van der Waals surface area contributed by atoms with E-state index in [1.54, 1.807) is 20.2 Å². The molecule has 1 N–H and O–H groups in total. The third-order valence-electron chi connectivity index (χ3n) is 3.69. The number of hydrogen-bond donors (Lipinski definition) is 1. The molecule has 0 saturated carbocycles. The first kappa shape index (κ1) is 17.1. The summed E-state index contributed by atoms with van der Waals surface area (Å²) in [6.07, 6.45) is 1.55. The molecule has 0 aliphatic carbocycles. The largest absolute Gasteiger partial charge is 0.497 e. The molecule has 0 saturated heterocycles.